The second-order valence-electron chi connectivity index (χ2n) is 6.39. The molecular formula is C16H26N2S2. The lowest BCUT2D eigenvalue weighted by molar-refractivity contribution is 0.882. The number of nitrogens with zero attached hydrogens (tertiary/aromatic N) is 2. The van der Waals surface area contributed by atoms with E-state index in [2.05, 4.69) is 65.7 Å². The highest BCUT2D eigenvalue weighted by Crippen LogP contribution is 2.52. The molecule has 0 saturated carbocycles. The molecule has 0 aromatic carbocycles. The topological polar surface area (TPSA) is 6.48 Å². The van der Waals surface area contributed by atoms with E-state index in [1.807, 2.05) is 22.7 Å². The maximum Gasteiger partial charge on any atom is 0.0712 e. The van der Waals surface area contributed by atoms with Crippen LogP contribution in [0.1, 0.15) is 49.3 Å². The molecule has 2 aromatic rings. The highest BCUT2D eigenvalue weighted by Gasteiger charge is 2.25. The van der Waals surface area contributed by atoms with Crippen molar-refractivity contribution in [2.45, 2.75) is 39.5 Å². The molecule has 0 spiro atoms. The van der Waals surface area contributed by atoms with E-state index in [-0.39, 0.29) is 0 Å². The molecule has 20 heavy (non-hydrogen) atoms. The first-order valence-electron chi connectivity index (χ1n) is 7.19. The lowest BCUT2D eigenvalue weighted by Gasteiger charge is -2.16. The van der Waals surface area contributed by atoms with Crippen molar-refractivity contribution >= 4 is 43.4 Å². The Bertz CT molecular complexity index is 550. The van der Waals surface area contributed by atoms with Gasteiger partial charge in [0.1, 0.15) is 0 Å². The summed E-state index contributed by atoms with van der Waals surface area (Å²) in [7, 11) is 8.66. The number of rotatable bonds is 4. The predicted octanol–water partition coefficient (Wildman–Crippen LogP) is 5.34. The number of hydrogen-bond acceptors (Lipinski definition) is 4. The van der Waals surface area contributed by atoms with Crippen LogP contribution in [-0.2, 0) is 0 Å². The minimum absolute atomic E-state index is 0.578. The Kier molecular flexibility index (Phi) is 4.35. The fraction of sp³-hybridized carbons (Fsp3) is 0.625. The first-order valence-corrected chi connectivity index (χ1v) is 8.82. The summed E-state index contributed by atoms with van der Waals surface area (Å²) in [5, 5.41) is 0. The van der Waals surface area contributed by atoms with Gasteiger partial charge in [-0.2, -0.15) is 0 Å². The Balaban J connectivity index is 2.81. The molecule has 0 fully saturated rings. The van der Waals surface area contributed by atoms with Gasteiger partial charge in [0.15, 0.2) is 0 Å². The van der Waals surface area contributed by atoms with Gasteiger partial charge in [-0.1, -0.05) is 27.7 Å². The summed E-state index contributed by atoms with van der Waals surface area (Å²) in [5.74, 6) is 1.16. The summed E-state index contributed by atoms with van der Waals surface area (Å²) in [6.07, 6.45) is 0. The van der Waals surface area contributed by atoms with Crippen molar-refractivity contribution in [2.24, 2.45) is 0 Å². The van der Waals surface area contributed by atoms with Crippen LogP contribution in [0.25, 0.3) is 9.40 Å². The minimum atomic E-state index is 0.578. The molecule has 0 saturated heterocycles. The zero-order valence-electron chi connectivity index (χ0n) is 13.9. The van der Waals surface area contributed by atoms with Crippen molar-refractivity contribution in [3.8, 4) is 0 Å². The molecule has 2 heterocycles. The maximum absolute atomic E-state index is 2.29. The predicted molar refractivity (Wildman–Crippen MR) is 96.5 cm³/mol. The Hall–Kier alpha value is -0.740. The fourth-order valence-electron chi connectivity index (χ4n) is 2.57. The van der Waals surface area contributed by atoms with Crippen LogP contribution in [0.2, 0.25) is 0 Å². The van der Waals surface area contributed by atoms with Gasteiger partial charge in [-0.15, -0.1) is 22.7 Å². The summed E-state index contributed by atoms with van der Waals surface area (Å²) < 4.78 is 2.94. The van der Waals surface area contributed by atoms with Crippen molar-refractivity contribution in [3.63, 3.8) is 0 Å². The van der Waals surface area contributed by atoms with Crippen molar-refractivity contribution in [1.82, 2.24) is 0 Å². The molecule has 0 unspecified atom stereocenters. The van der Waals surface area contributed by atoms with Gasteiger partial charge in [0.05, 0.1) is 20.8 Å². The Labute approximate surface area is 131 Å². The Morgan fingerprint density at radius 2 is 0.950 bits per heavy atom. The number of thiophene rings is 2. The minimum Gasteiger partial charge on any atom is -0.376 e. The molecule has 0 N–H and O–H groups in total. The second-order valence-corrected chi connectivity index (χ2v) is 8.49. The first-order chi connectivity index (χ1) is 9.25. The van der Waals surface area contributed by atoms with E-state index in [9.17, 15) is 0 Å². The van der Waals surface area contributed by atoms with E-state index in [1.54, 1.807) is 0 Å². The fourth-order valence-corrected chi connectivity index (χ4v) is 5.78. The second kappa shape index (κ2) is 5.57. The van der Waals surface area contributed by atoms with E-state index in [4.69, 9.17) is 0 Å². The average molecular weight is 311 g/mol. The normalized spacial score (nSPS) is 11.9. The van der Waals surface area contributed by atoms with Gasteiger partial charge in [0.2, 0.25) is 0 Å². The van der Waals surface area contributed by atoms with Gasteiger partial charge in [-0.25, -0.2) is 0 Å². The molecule has 0 aliphatic rings. The van der Waals surface area contributed by atoms with E-state index in [0.717, 1.165) is 0 Å². The zero-order valence-corrected chi connectivity index (χ0v) is 15.5. The van der Waals surface area contributed by atoms with E-state index in [0.29, 0.717) is 11.8 Å². The van der Waals surface area contributed by atoms with Crippen molar-refractivity contribution in [1.29, 1.82) is 0 Å². The lowest BCUT2D eigenvalue weighted by Crippen LogP contribution is -2.10. The standard InChI is InChI=1S/C16H26N2S2/c1-9(2)13-11(17(5)6)15-16(19-13)12(18(7)8)14(20-15)10(3)4/h9-10H,1-8H3. The molecule has 0 aliphatic carbocycles. The summed E-state index contributed by atoms with van der Waals surface area (Å²) in [6, 6.07) is 0. The van der Waals surface area contributed by atoms with Gasteiger partial charge in [0, 0.05) is 37.9 Å². The average Bonchev–Trinajstić information content (AvgIpc) is 2.81. The van der Waals surface area contributed by atoms with Crippen LogP contribution in [0.15, 0.2) is 0 Å². The summed E-state index contributed by atoms with van der Waals surface area (Å²) >= 11 is 3.96. The molecule has 0 atom stereocenters. The van der Waals surface area contributed by atoms with Crippen LogP contribution in [0.5, 0.6) is 0 Å². The summed E-state index contributed by atoms with van der Waals surface area (Å²) in [5.41, 5.74) is 2.86. The quantitative estimate of drug-likeness (QED) is 0.752. The van der Waals surface area contributed by atoms with Gasteiger partial charge in [-0.05, 0) is 11.8 Å². The Morgan fingerprint density at radius 1 is 0.650 bits per heavy atom. The maximum atomic E-state index is 2.29. The zero-order chi connectivity index (χ0) is 15.2. The van der Waals surface area contributed by atoms with Crippen LogP contribution < -0.4 is 9.80 Å². The highest BCUT2D eigenvalue weighted by molar-refractivity contribution is 7.30. The van der Waals surface area contributed by atoms with Crippen LogP contribution in [0.3, 0.4) is 0 Å². The van der Waals surface area contributed by atoms with Gasteiger partial charge in [0.25, 0.3) is 0 Å². The number of anilines is 2. The van der Waals surface area contributed by atoms with Crippen LogP contribution in [0, 0.1) is 0 Å². The molecule has 4 heteroatoms. The largest absolute Gasteiger partial charge is 0.376 e. The third kappa shape index (κ3) is 2.44. The highest BCUT2D eigenvalue weighted by atomic mass is 32.1. The van der Waals surface area contributed by atoms with Crippen LogP contribution in [-0.4, -0.2) is 28.2 Å². The number of fused-ring (bicyclic) bond motifs is 1. The molecule has 0 amide bonds. The summed E-state index contributed by atoms with van der Waals surface area (Å²) in [4.78, 5) is 7.59. The van der Waals surface area contributed by atoms with Gasteiger partial charge in [-0.3, -0.25) is 0 Å². The lowest BCUT2D eigenvalue weighted by atomic mass is 10.1. The molecule has 112 valence electrons. The van der Waals surface area contributed by atoms with Gasteiger partial charge < -0.3 is 9.80 Å². The SMILES string of the molecule is CC(C)c1sc2c(N(C)C)c(C(C)C)sc2c1N(C)C. The van der Waals surface area contributed by atoms with Crippen molar-refractivity contribution in [3.05, 3.63) is 9.75 Å². The monoisotopic (exact) mass is 310 g/mol. The van der Waals surface area contributed by atoms with Crippen molar-refractivity contribution < 1.29 is 0 Å². The molecule has 0 bridgehead atoms. The van der Waals surface area contributed by atoms with E-state index < -0.39 is 0 Å². The van der Waals surface area contributed by atoms with Gasteiger partial charge >= 0.3 is 0 Å². The van der Waals surface area contributed by atoms with Crippen LogP contribution >= 0.6 is 22.7 Å². The molecule has 2 rings (SSSR count). The van der Waals surface area contributed by atoms with Crippen LogP contribution in [0.4, 0.5) is 11.4 Å². The third-order valence-electron chi connectivity index (χ3n) is 3.47. The number of hydrogen-bond donors (Lipinski definition) is 0. The first kappa shape index (κ1) is 15.6. The van der Waals surface area contributed by atoms with Crippen molar-refractivity contribution in [2.75, 3.05) is 38.0 Å². The summed E-state index contributed by atoms with van der Waals surface area (Å²) in [6.45, 7) is 9.17. The molecule has 0 aliphatic heterocycles. The smallest absolute Gasteiger partial charge is 0.0712 e. The van der Waals surface area contributed by atoms with E-state index >= 15 is 0 Å². The molecule has 2 nitrogen and oxygen atoms in total. The van der Waals surface area contributed by atoms with E-state index in [1.165, 1.54) is 30.5 Å². The molecule has 0 radical (unpaired) electrons. The molecule has 2 aromatic heterocycles. The Morgan fingerprint density at radius 3 is 1.15 bits per heavy atom. The molecular weight excluding hydrogens is 284 g/mol. The third-order valence-corrected chi connectivity index (χ3v) is 6.57.